The Morgan fingerprint density at radius 1 is 1.35 bits per heavy atom. The van der Waals surface area contributed by atoms with Crippen LogP contribution in [0.1, 0.15) is 18.4 Å². The van der Waals surface area contributed by atoms with E-state index in [9.17, 15) is 9.59 Å². The topological polar surface area (TPSA) is 81.4 Å². The number of carboxylic acids is 1. The molecule has 1 aliphatic heterocycles. The lowest BCUT2D eigenvalue weighted by Crippen LogP contribution is -2.40. The maximum Gasteiger partial charge on any atom is 0.326 e. The van der Waals surface area contributed by atoms with Crippen LogP contribution in [0.25, 0.3) is 6.08 Å². The van der Waals surface area contributed by atoms with Gasteiger partial charge in [-0.05, 0) is 24.5 Å². The molecule has 0 saturated carbocycles. The van der Waals surface area contributed by atoms with Gasteiger partial charge >= 0.3 is 5.97 Å². The number of nitriles is 1. The SMILES string of the molecule is N#C/C(=C\c1ccccc1)C(=O)N1CCCC1C(=O)O. The van der Waals surface area contributed by atoms with Gasteiger partial charge in [0.2, 0.25) is 0 Å². The minimum Gasteiger partial charge on any atom is -0.480 e. The van der Waals surface area contributed by atoms with Gasteiger partial charge in [0, 0.05) is 6.54 Å². The van der Waals surface area contributed by atoms with Gasteiger partial charge in [-0.2, -0.15) is 5.26 Å². The maximum atomic E-state index is 12.3. The van der Waals surface area contributed by atoms with E-state index in [0.29, 0.717) is 19.4 Å². The van der Waals surface area contributed by atoms with Crippen LogP contribution in [0.2, 0.25) is 0 Å². The minimum absolute atomic E-state index is 0.0376. The van der Waals surface area contributed by atoms with Crippen LogP contribution in [0.4, 0.5) is 0 Å². The molecule has 1 fully saturated rings. The van der Waals surface area contributed by atoms with E-state index in [1.54, 1.807) is 24.3 Å². The smallest absolute Gasteiger partial charge is 0.326 e. The Morgan fingerprint density at radius 3 is 2.65 bits per heavy atom. The molecule has 0 aliphatic carbocycles. The zero-order chi connectivity index (χ0) is 14.5. The minimum atomic E-state index is -1.02. The first kappa shape index (κ1) is 13.8. The molecule has 0 bridgehead atoms. The third-order valence-corrected chi connectivity index (χ3v) is 3.26. The number of likely N-dealkylation sites (tertiary alicyclic amines) is 1. The third kappa shape index (κ3) is 2.86. The lowest BCUT2D eigenvalue weighted by atomic mass is 10.1. The number of carboxylic acid groups (broad SMARTS) is 1. The summed E-state index contributed by atoms with van der Waals surface area (Å²) in [4.78, 5) is 24.6. The summed E-state index contributed by atoms with van der Waals surface area (Å²) in [5.74, 6) is -1.53. The fourth-order valence-electron chi connectivity index (χ4n) is 2.28. The Labute approximate surface area is 116 Å². The molecule has 1 N–H and O–H groups in total. The van der Waals surface area contributed by atoms with Crippen molar-refractivity contribution in [1.29, 1.82) is 5.26 Å². The number of aliphatic carboxylic acids is 1. The summed E-state index contributed by atoms with van der Waals surface area (Å²) in [6.45, 7) is 0.379. The molecule has 1 heterocycles. The van der Waals surface area contributed by atoms with Gasteiger partial charge < -0.3 is 10.0 Å². The summed E-state index contributed by atoms with van der Waals surface area (Å²) in [7, 11) is 0. The molecule has 102 valence electrons. The summed E-state index contributed by atoms with van der Waals surface area (Å²) in [6, 6.07) is 10.1. The molecule has 0 aromatic heterocycles. The third-order valence-electron chi connectivity index (χ3n) is 3.26. The molecule has 1 aromatic rings. The number of nitrogens with zero attached hydrogens (tertiary/aromatic N) is 2. The second-order valence-corrected chi connectivity index (χ2v) is 4.58. The zero-order valence-electron chi connectivity index (χ0n) is 10.8. The molecular formula is C15H14N2O3. The molecule has 1 unspecified atom stereocenters. The van der Waals surface area contributed by atoms with Gasteiger partial charge in [0.25, 0.3) is 5.91 Å². The molecule has 5 heteroatoms. The normalized spacial score (nSPS) is 18.6. The first-order valence-electron chi connectivity index (χ1n) is 6.34. The highest BCUT2D eigenvalue weighted by Gasteiger charge is 2.35. The molecule has 5 nitrogen and oxygen atoms in total. The second kappa shape index (κ2) is 6.02. The van der Waals surface area contributed by atoms with E-state index in [0.717, 1.165) is 5.56 Å². The molecule has 20 heavy (non-hydrogen) atoms. The van der Waals surface area contributed by atoms with Crippen molar-refractivity contribution < 1.29 is 14.7 Å². The monoisotopic (exact) mass is 270 g/mol. The largest absolute Gasteiger partial charge is 0.480 e. The first-order valence-corrected chi connectivity index (χ1v) is 6.34. The average Bonchev–Trinajstić information content (AvgIpc) is 2.94. The van der Waals surface area contributed by atoms with Crippen molar-refractivity contribution in [2.75, 3.05) is 6.54 Å². The van der Waals surface area contributed by atoms with Crippen LogP contribution in [-0.4, -0.2) is 34.5 Å². The van der Waals surface area contributed by atoms with Crippen LogP contribution in [0, 0.1) is 11.3 Å². The number of rotatable bonds is 3. The number of carbonyl (C=O) groups excluding carboxylic acids is 1. The Morgan fingerprint density at radius 2 is 2.05 bits per heavy atom. The van der Waals surface area contributed by atoms with E-state index in [1.165, 1.54) is 11.0 Å². The van der Waals surface area contributed by atoms with E-state index < -0.39 is 17.9 Å². The van der Waals surface area contributed by atoms with Crippen molar-refractivity contribution in [2.45, 2.75) is 18.9 Å². The number of hydrogen-bond acceptors (Lipinski definition) is 3. The predicted octanol–water partition coefficient (Wildman–Crippen LogP) is 1.67. The quantitative estimate of drug-likeness (QED) is 0.669. The van der Waals surface area contributed by atoms with Gasteiger partial charge in [-0.1, -0.05) is 30.3 Å². The number of benzene rings is 1. The molecule has 0 radical (unpaired) electrons. The summed E-state index contributed by atoms with van der Waals surface area (Å²) in [5.41, 5.74) is 0.702. The van der Waals surface area contributed by atoms with Crippen molar-refractivity contribution in [3.05, 3.63) is 41.5 Å². The molecule has 1 aliphatic rings. The fraction of sp³-hybridized carbons (Fsp3) is 0.267. The van der Waals surface area contributed by atoms with E-state index >= 15 is 0 Å². The van der Waals surface area contributed by atoms with E-state index in [2.05, 4.69) is 0 Å². The van der Waals surface area contributed by atoms with Gasteiger partial charge in [-0.3, -0.25) is 4.79 Å². The zero-order valence-corrected chi connectivity index (χ0v) is 10.8. The van der Waals surface area contributed by atoms with Crippen LogP contribution >= 0.6 is 0 Å². The Bertz CT molecular complexity index is 587. The Balaban J connectivity index is 2.24. The lowest BCUT2D eigenvalue weighted by molar-refractivity contribution is -0.146. The van der Waals surface area contributed by atoms with Crippen LogP contribution in [-0.2, 0) is 9.59 Å². The molecular weight excluding hydrogens is 256 g/mol. The second-order valence-electron chi connectivity index (χ2n) is 4.58. The van der Waals surface area contributed by atoms with Gasteiger partial charge in [0.1, 0.15) is 17.7 Å². The molecule has 1 amide bonds. The summed E-state index contributed by atoms with van der Waals surface area (Å²) in [6.07, 6.45) is 2.57. The lowest BCUT2D eigenvalue weighted by Gasteiger charge is -2.20. The van der Waals surface area contributed by atoms with Crippen LogP contribution in [0.3, 0.4) is 0 Å². The first-order chi connectivity index (χ1) is 9.63. The van der Waals surface area contributed by atoms with Crippen LogP contribution < -0.4 is 0 Å². The van der Waals surface area contributed by atoms with E-state index in [4.69, 9.17) is 10.4 Å². The summed E-state index contributed by atoms with van der Waals surface area (Å²) >= 11 is 0. The number of amides is 1. The molecule has 1 atom stereocenters. The molecule has 1 saturated heterocycles. The van der Waals surface area contributed by atoms with E-state index in [1.807, 2.05) is 12.1 Å². The molecule has 2 rings (SSSR count). The highest BCUT2D eigenvalue weighted by atomic mass is 16.4. The van der Waals surface area contributed by atoms with Crippen LogP contribution in [0.5, 0.6) is 0 Å². The summed E-state index contributed by atoms with van der Waals surface area (Å²) < 4.78 is 0. The van der Waals surface area contributed by atoms with Crippen molar-refractivity contribution in [2.24, 2.45) is 0 Å². The Hall–Kier alpha value is -2.61. The van der Waals surface area contributed by atoms with Gasteiger partial charge in [-0.15, -0.1) is 0 Å². The predicted molar refractivity (Wildman–Crippen MR) is 72.4 cm³/mol. The van der Waals surface area contributed by atoms with Crippen molar-refractivity contribution >= 4 is 18.0 Å². The van der Waals surface area contributed by atoms with Crippen molar-refractivity contribution in [3.63, 3.8) is 0 Å². The highest BCUT2D eigenvalue weighted by molar-refractivity contribution is 6.03. The van der Waals surface area contributed by atoms with E-state index in [-0.39, 0.29) is 5.57 Å². The number of hydrogen-bond donors (Lipinski definition) is 1. The van der Waals surface area contributed by atoms with Gasteiger partial charge in [0.05, 0.1) is 0 Å². The summed E-state index contributed by atoms with van der Waals surface area (Å²) in [5, 5.41) is 18.2. The Kier molecular flexibility index (Phi) is 4.16. The highest BCUT2D eigenvalue weighted by Crippen LogP contribution is 2.20. The molecule has 1 aromatic carbocycles. The fourth-order valence-corrected chi connectivity index (χ4v) is 2.28. The molecule has 0 spiro atoms. The van der Waals surface area contributed by atoms with Gasteiger partial charge in [0.15, 0.2) is 0 Å². The van der Waals surface area contributed by atoms with Crippen molar-refractivity contribution in [3.8, 4) is 6.07 Å². The average molecular weight is 270 g/mol. The van der Waals surface area contributed by atoms with Crippen molar-refractivity contribution in [1.82, 2.24) is 4.90 Å². The number of carbonyl (C=O) groups is 2. The van der Waals surface area contributed by atoms with Gasteiger partial charge in [-0.25, -0.2) is 4.79 Å². The van der Waals surface area contributed by atoms with Crippen LogP contribution in [0.15, 0.2) is 35.9 Å². The maximum absolute atomic E-state index is 12.3. The standard InChI is InChI=1S/C15H14N2O3/c16-10-12(9-11-5-2-1-3-6-11)14(18)17-8-4-7-13(17)15(19)20/h1-3,5-6,9,13H,4,7-8H2,(H,19,20)/b12-9+.